The molecule has 2 bridgehead atoms. The fraction of sp³-hybridized carbons (Fsp3) is 0.500. The van der Waals surface area contributed by atoms with Crippen LogP contribution in [0.1, 0.15) is 18.4 Å². The van der Waals surface area contributed by atoms with Crippen molar-refractivity contribution in [3.05, 3.63) is 46.8 Å². The third-order valence-electron chi connectivity index (χ3n) is 5.85. The van der Waals surface area contributed by atoms with Gasteiger partial charge in [-0.2, -0.15) is 0 Å². The highest BCUT2D eigenvalue weighted by Crippen LogP contribution is 2.78. The molecule has 4 unspecified atom stereocenters. The molecule has 3 aliphatic carbocycles. The first-order chi connectivity index (χ1) is 11.5. The van der Waals surface area contributed by atoms with Gasteiger partial charge in [0.25, 0.3) is 11.8 Å². The molecule has 2 saturated carbocycles. The summed E-state index contributed by atoms with van der Waals surface area (Å²) < 4.78 is 126. The van der Waals surface area contributed by atoms with Crippen LogP contribution < -0.4 is 0 Å². The van der Waals surface area contributed by atoms with Crippen LogP contribution in [0.4, 0.5) is 39.5 Å². The Balaban J connectivity index is 1.94. The van der Waals surface area contributed by atoms with E-state index in [1.807, 2.05) is 0 Å². The Morgan fingerprint density at radius 1 is 0.840 bits per heavy atom. The lowest BCUT2D eigenvalue weighted by Crippen LogP contribution is -2.65. The fourth-order valence-corrected chi connectivity index (χ4v) is 4.92. The molecule has 3 aliphatic rings. The molecule has 0 amide bonds. The Morgan fingerprint density at radius 3 is 1.88 bits per heavy atom. The number of hydrogen-bond acceptors (Lipinski definition) is 0. The van der Waals surface area contributed by atoms with Gasteiger partial charge in [0.2, 0.25) is 5.82 Å². The summed E-state index contributed by atoms with van der Waals surface area (Å²) in [4.78, 5) is 0. The number of fused-ring (bicyclic) bond motifs is 5. The topological polar surface area (TPSA) is 0 Å². The molecule has 0 heterocycles. The monoisotopic (exact) mass is 372 g/mol. The third-order valence-corrected chi connectivity index (χ3v) is 5.85. The van der Waals surface area contributed by atoms with Gasteiger partial charge in [0, 0.05) is 12.3 Å². The van der Waals surface area contributed by atoms with E-state index in [2.05, 4.69) is 0 Å². The minimum absolute atomic E-state index is 0.0642. The van der Waals surface area contributed by atoms with Gasteiger partial charge in [-0.15, -0.1) is 0 Å². The number of benzene rings is 1. The second-order valence-corrected chi connectivity index (χ2v) is 6.87. The Hall–Kier alpha value is -1.67. The second-order valence-electron chi connectivity index (χ2n) is 6.87. The first-order valence-corrected chi connectivity index (χ1v) is 7.42. The van der Waals surface area contributed by atoms with Crippen LogP contribution in [-0.4, -0.2) is 5.92 Å². The molecule has 2 fully saturated rings. The molecule has 9 heteroatoms. The minimum atomic E-state index is -4.65. The maximum absolute atomic E-state index is 15.1. The average Bonchev–Trinajstić information content (AvgIpc) is 3.07. The van der Waals surface area contributed by atoms with Gasteiger partial charge in [0.15, 0.2) is 23.3 Å². The number of allylic oxidation sites excluding steroid dienone is 2. The molecule has 0 saturated heterocycles. The molecule has 1 aromatic rings. The first kappa shape index (κ1) is 16.8. The lowest BCUT2D eigenvalue weighted by molar-refractivity contribution is -0.315. The molecular weight excluding hydrogens is 363 g/mol. The van der Waals surface area contributed by atoms with E-state index in [1.54, 1.807) is 0 Å². The fourth-order valence-electron chi connectivity index (χ4n) is 4.92. The molecule has 0 aromatic heterocycles. The number of alkyl halides is 4. The van der Waals surface area contributed by atoms with Crippen LogP contribution in [0.5, 0.6) is 0 Å². The van der Waals surface area contributed by atoms with Crippen LogP contribution in [0, 0.1) is 52.3 Å². The van der Waals surface area contributed by atoms with Crippen LogP contribution in [0.25, 0.3) is 0 Å². The van der Waals surface area contributed by atoms with E-state index < -0.39 is 76.1 Å². The van der Waals surface area contributed by atoms with Crippen LogP contribution in [0.15, 0.2) is 12.2 Å². The van der Waals surface area contributed by atoms with Gasteiger partial charge in [0.05, 0.1) is 11.0 Å². The molecule has 0 radical (unpaired) electrons. The number of rotatable bonds is 2. The second kappa shape index (κ2) is 4.54. The summed E-state index contributed by atoms with van der Waals surface area (Å²) in [5.41, 5.74) is -4.89. The van der Waals surface area contributed by atoms with Crippen LogP contribution >= 0.6 is 0 Å². The summed E-state index contributed by atoms with van der Waals surface area (Å²) in [6.07, 6.45) is 1.17. The molecule has 0 N–H and O–H groups in total. The molecule has 136 valence electrons. The van der Waals surface area contributed by atoms with Crippen LogP contribution in [0.2, 0.25) is 0 Å². The lowest BCUT2D eigenvalue weighted by Gasteiger charge is -2.58. The van der Waals surface area contributed by atoms with E-state index in [4.69, 9.17) is 0 Å². The normalized spacial score (nSPS) is 35.0. The zero-order valence-corrected chi connectivity index (χ0v) is 12.2. The van der Waals surface area contributed by atoms with Crippen molar-refractivity contribution < 1.29 is 39.5 Å². The minimum Gasteiger partial charge on any atom is -0.207 e. The summed E-state index contributed by atoms with van der Waals surface area (Å²) in [6.45, 7) is 0. The third kappa shape index (κ3) is 1.67. The van der Waals surface area contributed by atoms with Crippen LogP contribution in [-0.2, 0) is 5.92 Å². The van der Waals surface area contributed by atoms with E-state index in [-0.39, 0.29) is 6.42 Å². The summed E-state index contributed by atoms with van der Waals surface area (Å²) >= 11 is 0. The molecule has 4 atom stereocenters. The molecule has 25 heavy (non-hydrogen) atoms. The highest BCUT2D eigenvalue weighted by molar-refractivity contribution is 5.38. The smallest absolute Gasteiger partial charge is 0.207 e. The van der Waals surface area contributed by atoms with Crippen molar-refractivity contribution in [2.75, 3.05) is 0 Å². The zero-order chi connectivity index (χ0) is 18.5. The summed E-state index contributed by atoms with van der Waals surface area (Å²) in [5, 5.41) is 0. The van der Waals surface area contributed by atoms with Gasteiger partial charge in [0.1, 0.15) is 0 Å². The largest absolute Gasteiger partial charge is 0.285 e. The predicted molar refractivity (Wildman–Crippen MR) is 66.4 cm³/mol. The Kier molecular flexibility index (Phi) is 3.04. The zero-order valence-electron chi connectivity index (χ0n) is 12.2. The maximum Gasteiger partial charge on any atom is 0.285 e. The van der Waals surface area contributed by atoms with Crippen LogP contribution in [0.3, 0.4) is 0 Å². The van der Waals surface area contributed by atoms with E-state index in [0.717, 1.165) is 0 Å². The number of halogens is 9. The highest BCUT2D eigenvalue weighted by atomic mass is 19.3. The van der Waals surface area contributed by atoms with Crippen molar-refractivity contribution in [2.45, 2.75) is 24.7 Å². The molecular formula is C16H9F9. The van der Waals surface area contributed by atoms with Crippen molar-refractivity contribution in [1.29, 1.82) is 0 Å². The van der Waals surface area contributed by atoms with E-state index >= 15 is 8.78 Å². The Labute approximate surface area is 135 Å². The van der Waals surface area contributed by atoms with Crippen molar-refractivity contribution in [2.24, 2.45) is 23.2 Å². The SMILES string of the molecule is Fc1c(F)c(F)c(C(F)(F)C23CC(F)(F)C2C2C=CC3C2)c(F)c1F. The van der Waals surface area contributed by atoms with Crippen molar-refractivity contribution in [1.82, 2.24) is 0 Å². The van der Waals surface area contributed by atoms with Crippen molar-refractivity contribution in [3.63, 3.8) is 0 Å². The predicted octanol–water partition coefficient (Wildman–Crippen LogP) is 5.32. The van der Waals surface area contributed by atoms with Crippen molar-refractivity contribution in [3.8, 4) is 0 Å². The Morgan fingerprint density at radius 2 is 1.36 bits per heavy atom. The Bertz CT molecular complexity index is 783. The maximum atomic E-state index is 15.1. The summed E-state index contributed by atoms with van der Waals surface area (Å²) in [5.74, 6) is -25.1. The molecule has 1 aromatic carbocycles. The number of hydrogen-bond donors (Lipinski definition) is 0. The van der Waals surface area contributed by atoms with E-state index in [9.17, 15) is 30.7 Å². The highest BCUT2D eigenvalue weighted by Gasteiger charge is 2.83. The van der Waals surface area contributed by atoms with Gasteiger partial charge in [-0.25, -0.2) is 39.5 Å². The quantitative estimate of drug-likeness (QED) is 0.285. The van der Waals surface area contributed by atoms with Gasteiger partial charge >= 0.3 is 0 Å². The van der Waals surface area contributed by atoms with E-state index in [0.29, 0.717) is 0 Å². The molecule has 0 spiro atoms. The lowest BCUT2D eigenvalue weighted by atomic mass is 9.49. The standard InChI is InChI=1S/C16H9F9/c17-8-7(9(18)11(20)12(21)10(8)19)16(24,25)14-4-15(22,23)13(14)5-1-2-6(14)3-5/h1-2,5-6,13H,3-4H2. The van der Waals surface area contributed by atoms with Gasteiger partial charge < -0.3 is 0 Å². The first-order valence-electron chi connectivity index (χ1n) is 7.42. The summed E-state index contributed by atoms with van der Waals surface area (Å²) in [6, 6.07) is 0. The van der Waals surface area contributed by atoms with Gasteiger partial charge in [-0.1, -0.05) is 12.2 Å². The van der Waals surface area contributed by atoms with Gasteiger partial charge in [-0.3, -0.25) is 0 Å². The van der Waals surface area contributed by atoms with Crippen molar-refractivity contribution >= 4 is 0 Å². The average molecular weight is 372 g/mol. The molecule has 4 rings (SSSR count). The van der Waals surface area contributed by atoms with E-state index in [1.165, 1.54) is 12.2 Å². The molecule has 0 aliphatic heterocycles. The summed E-state index contributed by atoms with van der Waals surface area (Å²) in [7, 11) is 0. The van der Waals surface area contributed by atoms with Gasteiger partial charge in [-0.05, 0) is 18.3 Å². The molecule has 0 nitrogen and oxygen atoms in total.